The maximum Gasteiger partial charge on any atom is 0.166 e. The maximum atomic E-state index is 13.5. The Morgan fingerprint density at radius 2 is 1.93 bits per heavy atom. The van der Waals surface area contributed by atoms with Crippen LogP contribution in [0.15, 0.2) is 18.2 Å². The van der Waals surface area contributed by atoms with Crippen LogP contribution in [0.2, 0.25) is 0 Å². The van der Waals surface area contributed by atoms with Gasteiger partial charge in [-0.15, -0.1) is 0 Å². The molecule has 0 spiro atoms. The van der Waals surface area contributed by atoms with E-state index in [9.17, 15) is 9.18 Å². The zero-order valence-electron chi connectivity index (χ0n) is 9.73. The zero-order valence-corrected chi connectivity index (χ0v) is 9.73. The molecule has 1 rings (SSSR count). The van der Waals surface area contributed by atoms with Gasteiger partial charge in [-0.3, -0.25) is 4.79 Å². The van der Waals surface area contributed by atoms with Crippen LogP contribution in [0, 0.1) is 18.2 Å². The Labute approximate surface area is 90.3 Å². The first-order valence-corrected chi connectivity index (χ1v) is 5.09. The summed E-state index contributed by atoms with van der Waals surface area (Å²) in [7, 11) is 0. The average molecular weight is 208 g/mol. The highest BCUT2D eigenvalue weighted by Gasteiger charge is 2.19. The molecule has 0 aromatic heterocycles. The van der Waals surface area contributed by atoms with E-state index in [-0.39, 0.29) is 16.8 Å². The molecule has 1 aromatic rings. The zero-order chi connectivity index (χ0) is 11.6. The van der Waals surface area contributed by atoms with E-state index in [1.807, 2.05) is 20.8 Å². The summed E-state index contributed by atoms with van der Waals surface area (Å²) in [5.74, 6) is -0.538. The predicted molar refractivity (Wildman–Crippen MR) is 59.5 cm³/mol. The van der Waals surface area contributed by atoms with Gasteiger partial charge in [0.1, 0.15) is 5.82 Å². The summed E-state index contributed by atoms with van der Waals surface area (Å²) in [6.07, 6.45) is 0.368. The third kappa shape index (κ3) is 3.46. The van der Waals surface area contributed by atoms with E-state index in [2.05, 4.69) is 0 Å². The Hall–Kier alpha value is -1.18. The van der Waals surface area contributed by atoms with Crippen molar-refractivity contribution >= 4 is 5.78 Å². The number of Topliss-reactive ketones (excluding diaryl/α,β-unsaturated/α-hetero) is 1. The van der Waals surface area contributed by atoms with Crippen LogP contribution in [0.5, 0.6) is 0 Å². The molecule has 15 heavy (non-hydrogen) atoms. The third-order valence-corrected chi connectivity index (χ3v) is 2.12. The number of rotatable bonds is 2. The van der Waals surface area contributed by atoms with E-state index >= 15 is 0 Å². The largest absolute Gasteiger partial charge is 0.294 e. The summed E-state index contributed by atoms with van der Waals surface area (Å²) in [6, 6.07) is 4.73. The molecule has 0 saturated heterocycles. The Bertz CT molecular complexity index is 375. The van der Waals surface area contributed by atoms with E-state index in [1.165, 1.54) is 6.07 Å². The van der Waals surface area contributed by atoms with Crippen LogP contribution in [0.25, 0.3) is 0 Å². The molecule has 0 amide bonds. The van der Waals surface area contributed by atoms with Crippen molar-refractivity contribution in [2.24, 2.45) is 5.41 Å². The lowest BCUT2D eigenvalue weighted by molar-refractivity contribution is 0.0936. The maximum absolute atomic E-state index is 13.5. The van der Waals surface area contributed by atoms with Crippen LogP contribution < -0.4 is 0 Å². The molecule has 0 saturated carbocycles. The summed E-state index contributed by atoms with van der Waals surface area (Å²) < 4.78 is 13.5. The molecule has 0 unspecified atom stereocenters. The van der Waals surface area contributed by atoms with Gasteiger partial charge < -0.3 is 0 Å². The lowest BCUT2D eigenvalue weighted by Crippen LogP contribution is -2.14. The number of ketones is 1. The van der Waals surface area contributed by atoms with Crippen molar-refractivity contribution in [2.45, 2.75) is 34.1 Å². The van der Waals surface area contributed by atoms with Gasteiger partial charge in [0.15, 0.2) is 5.78 Å². The first kappa shape index (κ1) is 11.9. The first-order valence-electron chi connectivity index (χ1n) is 5.09. The molecule has 0 aliphatic carbocycles. The van der Waals surface area contributed by atoms with Crippen molar-refractivity contribution in [2.75, 3.05) is 0 Å². The van der Waals surface area contributed by atoms with Crippen molar-refractivity contribution in [1.82, 2.24) is 0 Å². The number of carbonyl (C=O) groups is 1. The van der Waals surface area contributed by atoms with Gasteiger partial charge in [-0.1, -0.05) is 26.8 Å². The summed E-state index contributed by atoms with van der Waals surface area (Å²) in [6.45, 7) is 7.71. The molecule has 1 aromatic carbocycles. The van der Waals surface area contributed by atoms with Gasteiger partial charge in [0, 0.05) is 6.42 Å². The lowest BCUT2D eigenvalue weighted by atomic mass is 9.87. The number of halogens is 1. The normalized spacial score (nSPS) is 11.5. The summed E-state index contributed by atoms with van der Waals surface area (Å²) in [4.78, 5) is 11.8. The Kier molecular flexibility index (Phi) is 3.28. The number of hydrogen-bond acceptors (Lipinski definition) is 1. The Morgan fingerprint density at radius 3 is 2.40 bits per heavy atom. The van der Waals surface area contributed by atoms with Gasteiger partial charge in [-0.25, -0.2) is 4.39 Å². The fraction of sp³-hybridized carbons (Fsp3) is 0.462. The summed E-state index contributed by atoms with van der Waals surface area (Å²) >= 11 is 0. The molecule has 0 N–H and O–H groups in total. The fourth-order valence-electron chi connectivity index (χ4n) is 1.42. The van der Waals surface area contributed by atoms with Crippen LogP contribution in [-0.2, 0) is 0 Å². The minimum absolute atomic E-state index is 0.103. The van der Waals surface area contributed by atoms with Crippen LogP contribution >= 0.6 is 0 Å². The highest BCUT2D eigenvalue weighted by molar-refractivity contribution is 5.96. The summed E-state index contributed by atoms with van der Waals surface area (Å²) in [5, 5.41) is 0. The standard InChI is InChI=1S/C13H17FO/c1-9-5-6-10(11(14)7-9)12(15)8-13(2,3)4/h5-7H,8H2,1-4H3. The SMILES string of the molecule is Cc1ccc(C(=O)CC(C)(C)C)c(F)c1. The van der Waals surface area contributed by atoms with Gasteiger partial charge >= 0.3 is 0 Å². The number of carbonyl (C=O) groups excluding carboxylic acids is 1. The van der Waals surface area contributed by atoms with Gasteiger partial charge in [0.25, 0.3) is 0 Å². The van der Waals surface area contributed by atoms with Crippen LogP contribution in [-0.4, -0.2) is 5.78 Å². The second-order valence-electron chi connectivity index (χ2n) is 5.14. The molecule has 0 heterocycles. The fourth-order valence-corrected chi connectivity index (χ4v) is 1.42. The van der Waals surface area contributed by atoms with Gasteiger partial charge in [-0.2, -0.15) is 0 Å². The Morgan fingerprint density at radius 1 is 1.33 bits per heavy atom. The molecule has 0 bridgehead atoms. The monoisotopic (exact) mass is 208 g/mol. The van der Waals surface area contributed by atoms with Crippen LogP contribution in [0.3, 0.4) is 0 Å². The Balaban J connectivity index is 2.92. The van der Waals surface area contributed by atoms with Crippen molar-refractivity contribution < 1.29 is 9.18 Å². The van der Waals surface area contributed by atoms with Gasteiger partial charge in [0.2, 0.25) is 0 Å². The van der Waals surface area contributed by atoms with Crippen molar-refractivity contribution in [3.63, 3.8) is 0 Å². The van der Waals surface area contributed by atoms with Crippen LogP contribution in [0.4, 0.5) is 4.39 Å². The topological polar surface area (TPSA) is 17.1 Å². The molecule has 82 valence electrons. The third-order valence-electron chi connectivity index (χ3n) is 2.12. The van der Waals surface area contributed by atoms with Gasteiger partial charge in [-0.05, 0) is 30.0 Å². The lowest BCUT2D eigenvalue weighted by Gasteiger charge is -2.16. The molecule has 0 aliphatic heterocycles. The van der Waals surface area contributed by atoms with Crippen molar-refractivity contribution in [3.05, 3.63) is 35.1 Å². The highest BCUT2D eigenvalue weighted by atomic mass is 19.1. The van der Waals surface area contributed by atoms with E-state index < -0.39 is 5.82 Å². The first-order chi connectivity index (χ1) is 6.79. The minimum Gasteiger partial charge on any atom is -0.294 e. The smallest absolute Gasteiger partial charge is 0.166 e. The van der Waals surface area contributed by atoms with E-state index in [1.54, 1.807) is 19.1 Å². The molecule has 1 nitrogen and oxygen atoms in total. The van der Waals surface area contributed by atoms with Crippen molar-refractivity contribution in [3.8, 4) is 0 Å². The van der Waals surface area contributed by atoms with E-state index in [4.69, 9.17) is 0 Å². The van der Waals surface area contributed by atoms with Gasteiger partial charge in [0.05, 0.1) is 5.56 Å². The number of benzene rings is 1. The molecule has 0 atom stereocenters. The molecule has 2 heteroatoms. The molecular formula is C13H17FO. The van der Waals surface area contributed by atoms with Crippen LogP contribution in [0.1, 0.15) is 43.1 Å². The minimum atomic E-state index is -0.413. The quantitative estimate of drug-likeness (QED) is 0.676. The van der Waals surface area contributed by atoms with Crippen molar-refractivity contribution in [1.29, 1.82) is 0 Å². The average Bonchev–Trinajstić information content (AvgIpc) is 1.99. The molecular weight excluding hydrogens is 191 g/mol. The summed E-state index contributed by atoms with van der Waals surface area (Å²) in [5.41, 5.74) is 0.935. The van der Waals surface area contributed by atoms with E-state index in [0.717, 1.165) is 5.56 Å². The van der Waals surface area contributed by atoms with E-state index in [0.29, 0.717) is 6.42 Å². The molecule has 0 fully saturated rings. The molecule has 0 aliphatic rings. The number of hydrogen-bond donors (Lipinski definition) is 0. The molecule has 0 radical (unpaired) electrons. The highest BCUT2D eigenvalue weighted by Crippen LogP contribution is 2.22. The second-order valence-corrected chi connectivity index (χ2v) is 5.14. The predicted octanol–water partition coefficient (Wildman–Crippen LogP) is 3.75. The second kappa shape index (κ2) is 4.13. The number of aryl methyl sites for hydroxylation is 1.